The second-order valence-corrected chi connectivity index (χ2v) is 7.00. The van der Waals surface area contributed by atoms with E-state index in [1.54, 1.807) is 36.4 Å². The molecule has 0 bridgehead atoms. The van der Waals surface area contributed by atoms with Crippen LogP contribution in [0.2, 0.25) is 0 Å². The summed E-state index contributed by atoms with van der Waals surface area (Å²) in [5.41, 5.74) is 2.40. The molecule has 0 atom stereocenters. The fraction of sp³-hybridized carbons (Fsp3) is 0.0500. The van der Waals surface area contributed by atoms with Crippen LogP contribution in [0.15, 0.2) is 81.0 Å². The Kier molecular flexibility index (Phi) is 5.57. The van der Waals surface area contributed by atoms with E-state index in [1.165, 1.54) is 18.4 Å². The first-order chi connectivity index (χ1) is 14.6. The molecule has 0 aliphatic carbocycles. The Bertz CT molecular complexity index is 1150. The Morgan fingerprint density at radius 1 is 1.03 bits per heavy atom. The average molecular weight is 422 g/mol. The number of carbonyl (C=O) groups is 1. The highest BCUT2D eigenvalue weighted by Gasteiger charge is 2.13. The highest BCUT2D eigenvalue weighted by Crippen LogP contribution is 2.25. The minimum absolute atomic E-state index is 0.0395. The first kappa shape index (κ1) is 19.4. The number of hydrogen-bond acceptors (Lipinski definition) is 8. The summed E-state index contributed by atoms with van der Waals surface area (Å²) in [5.74, 6) is 0.599. The molecule has 0 saturated heterocycles. The predicted molar refractivity (Wildman–Crippen MR) is 110 cm³/mol. The Labute approximate surface area is 174 Å². The van der Waals surface area contributed by atoms with Gasteiger partial charge in [-0.3, -0.25) is 14.9 Å². The number of amides is 1. The summed E-state index contributed by atoms with van der Waals surface area (Å²) in [6.07, 6.45) is 1.51. The number of thioether (sulfide) groups is 1. The number of non-ortho nitro benzene ring substituents is 1. The summed E-state index contributed by atoms with van der Waals surface area (Å²) in [6.45, 7) is 0. The Hall–Kier alpha value is -3.92. The lowest BCUT2D eigenvalue weighted by Crippen LogP contribution is -2.13. The second kappa shape index (κ2) is 8.62. The number of nitrogens with one attached hydrogen (secondary N) is 1. The van der Waals surface area contributed by atoms with E-state index >= 15 is 0 Å². The van der Waals surface area contributed by atoms with Crippen LogP contribution >= 0.6 is 11.8 Å². The van der Waals surface area contributed by atoms with Crippen molar-refractivity contribution in [1.82, 2.24) is 10.2 Å². The molecule has 2 heterocycles. The fourth-order valence-corrected chi connectivity index (χ4v) is 3.18. The third-order valence-corrected chi connectivity index (χ3v) is 4.86. The van der Waals surface area contributed by atoms with E-state index in [-0.39, 0.29) is 28.5 Å². The standard InChI is InChI=1S/C20H14N4O5S/c25-18(12-30-20-23-22-19(29-20)17-2-1-11-28-17)21-15-7-3-13(4-8-15)14-5-9-16(10-6-14)24(26)27/h1-11H,12H2,(H,21,25). The van der Waals surface area contributed by atoms with E-state index in [0.29, 0.717) is 11.4 Å². The molecule has 10 heteroatoms. The molecule has 2 aromatic carbocycles. The largest absolute Gasteiger partial charge is 0.459 e. The summed E-state index contributed by atoms with van der Waals surface area (Å²) in [7, 11) is 0. The van der Waals surface area contributed by atoms with Crippen LogP contribution in [0.3, 0.4) is 0 Å². The van der Waals surface area contributed by atoms with E-state index in [1.807, 2.05) is 12.1 Å². The minimum Gasteiger partial charge on any atom is -0.459 e. The van der Waals surface area contributed by atoms with Gasteiger partial charge in [-0.1, -0.05) is 23.9 Å². The van der Waals surface area contributed by atoms with E-state index in [2.05, 4.69) is 15.5 Å². The van der Waals surface area contributed by atoms with Crippen molar-refractivity contribution in [3.05, 3.63) is 77.0 Å². The van der Waals surface area contributed by atoms with Crippen molar-refractivity contribution in [3.8, 4) is 22.8 Å². The van der Waals surface area contributed by atoms with Crippen LogP contribution in [0.25, 0.3) is 22.8 Å². The lowest BCUT2D eigenvalue weighted by molar-refractivity contribution is -0.384. The molecule has 150 valence electrons. The SMILES string of the molecule is O=C(CSc1nnc(-c2ccco2)o1)Nc1ccc(-c2ccc([N+](=O)[O-])cc2)cc1. The number of furan rings is 1. The normalized spacial score (nSPS) is 10.7. The predicted octanol–water partition coefficient (Wildman–Crippen LogP) is 4.64. The van der Waals surface area contributed by atoms with Gasteiger partial charge in [0.05, 0.1) is 16.9 Å². The van der Waals surface area contributed by atoms with E-state index in [9.17, 15) is 14.9 Å². The molecule has 0 unspecified atom stereocenters. The summed E-state index contributed by atoms with van der Waals surface area (Å²) < 4.78 is 10.6. The van der Waals surface area contributed by atoms with Crippen LogP contribution in [-0.2, 0) is 4.79 Å². The quantitative estimate of drug-likeness (QED) is 0.259. The van der Waals surface area contributed by atoms with Gasteiger partial charge in [-0.15, -0.1) is 10.2 Å². The van der Waals surface area contributed by atoms with Gasteiger partial charge in [-0.25, -0.2) is 0 Å². The highest BCUT2D eigenvalue weighted by molar-refractivity contribution is 7.99. The average Bonchev–Trinajstić information content (AvgIpc) is 3.45. The molecule has 0 fully saturated rings. The molecule has 0 aliphatic heterocycles. The highest BCUT2D eigenvalue weighted by atomic mass is 32.2. The van der Waals surface area contributed by atoms with Crippen LogP contribution in [0.5, 0.6) is 0 Å². The van der Waals surface area contributed by atoms with Crippen molar-refractivity contribution < 1.29 is 18.6 Å². The number of nitrogens with zero attached hydrogens (tertiary/aromatic N) is 3. The Balaban J connectivity index is 1.32. The molecule has 4 aromatic rings. The summed E-state index contributed by atoms with van der Waals surface area (Å²) in [5, 5.41) is 21.6. The lowest BCUT2D eigenvalue weighted by Gasteiger charge is -2.06. The van der Waals surface area contributed by atoms with Crippen molar-refractivity contribution in [3.63, 3.8) is 0 Å². The van der Waals surface area contributed by atoms with Gasteiger partial charge in [0, 0.05) is 17.8 Å². The number of benzene rings is 2. The topological polar surface area (TPSA) is 124 Å². The maximum absolute atomic E-state index is 12.2. The third-order valence-electron chi connectivity index (χ3n) is 4.05. The summed E-state index contributed by atoms with van der Waals surface area (Å²) in [4.78, 5) is 22.5. The maximum atomic E-state index is 12.2. The Morgan fingerprint density at radius 2 is 1.73 bits per heavy atom. The van der Waals surface area contributed by atoms with Crippen LogP contribution < -0.4 is 5.32 Å². The van der Waals surface area contributed by atoms with Gasteiger partial charge >= 0.3 is 0 Å². The second-order valence-electron chi connectivity index (χ2n) is 6.07. The molecule has 0 saturated carbocycles. The van der Waals surface area contributed by atoms with Gasteiger partial charge < -0.3 is 14.2 Å². The summed E-state index contributed by atoms with van der Waals surface area (Å²) >= 11 is 1.12. The first-order valence-electron chi connectivity index (χ1n) is 8.73. The molecule has 0 aliphatic rings. The number of carbonyl (C=O) groups excluding carboxylic acids is 1. The molecular weight excluding hydrogens is 408 g/mol. The van der Waals surface area contributed by atoms with E-state index in [4.69, 9.17) is 8.83 Å². The van der Waals surface area contributed by atoms with E-state index < -0.39 is 4.92 Å². The molecule has 4 rings (SSSR count). The minimum atomic E-state index is -0.438. The van der Waals surface area contributed by atoms with Gasteiger partial charge in [0.1, 0.15) is 0 Å². The number of nitro groups is 1. The molecule has 1 N–H and O–H groups in total. The van der Waals surface area contributed by atoms with Crippen LogP contribution in [-0.4, -0.2) is 26.8 Å². The van der Waals surface area contributed by atoms with Gasteiger partial charge in [-0.2, -0.15) is 0 Å². The number of hydrogen-bond donors (Lipinski definition) is 1. The fourth-order valence-electron chi connectivity index (χ4n) is 2.61. The number of nitro benzene ring substituents is 1. The molecule has 0 spiro atoms. The van der Waals surface area contributed by atoms with Gasteiger partial charge in [0.2, 0.25) is 5.91 Å². The van der Waals surface area contributed by atoms with Crippen molar-refractivity contribution >= 4 is 29.0 Å². The van der Waals surface area contributed by atoms with Crippen molar-refractivity contribution in [2.75, 3.05) is 11.1 Å². The molecule has 9 nitrogen and oxygen atoms in total. The van der Waals surface area contributed by atoms with E-state index in [0.717, 1.165) is 22.9 Å². The zero-order chi connectivity index (χ0) is 20.9. The number of rotatable bonds is 7. The monoisotopic (exact) mass is 422 g/mol. The van der Waals surface area contributed by atoms with Crippen molar-refractivity contribution in [2.45, 2.75) is 5.22 Å². The number of aromatic nitrogens is 2. The number of anilines is 1. The lowest BCUT2D eigenvalue weighted by atomic mass is 10.1. The summed E-state index contributed by atoms with van der Waals surface area (Å²) in [6, 6.07) is 16.9. The molecule has 0 radical (unpaired) electrons. The maximum Gasteiger partial charge on any atom is 0.284 e. The molecular formula is C20H14N4O5S. The van der Waals surface area contributed by atoms with Crippen molar-refractivity contribution in [1.29, 1.82) is 0 Å². The Morgan fingerprint density at radius 3 is 2.37 bits per heavy atom. The zero-order valence-corrected chi connectivity index (χ0v) is 16.2. The van der Waals surface area contributed by atoms with Crippen LogP contribution in [0, 0.1) is 10.1 Å². The van der Waals surface area contributed by atoms with Gasteiger partial charge in [0.15, 0.2) is 5.76 Å². The van der Waals surface area contributed by atoms with Gasteiger partial charge in [-0.05, 0) is 47.5 Å². The zero-order valence-electron chi connectivity index (χ0n) is 15.3. The molecule has 2 aromatic heterocycles. The van der Waals surface area contributed by atoms with Crippen LogP contribution in [0.1, 0.15) is 0 Å². The van der Waals surface area contributed by atoms with Gasteiger partial charge in [0.25, 0.3) is 16.8 Å². The third kappa shape index (κ3) is 4.55. The molecule has 1 amide bonds. The first-order valence-corrected chi connectivity index (χ1v) is 9.72. The smallest absolute Gasteiger partial charge is 0.284 e. The van der Waals surface area contributed by atoms with Crippen molar-refractivity contribution in [2.24, 2.45) is 0 Å². The van der Waals surface area contributed by atoms with Crippen LogP contribution in [0.4, 0.5) is 11.4 Å². The molecule has 30 heavy (non-hydrogen) atoms.